The maximum absolute atomic E-state index is 13.4. The van der Waals surface area contributed by atoms with Crippen LogP contribution in [0.25, 0.3) is 0 Å². The first-order valence-electron chi connectivity index (χ1n) is 12.0. The summed E-state index contributed by atoms with van der Waals surface area (Å²) in [4.78, 5) is 14.7. The zero-order chi connectivity index (χ0) is 24.8. The van der Waals surface area contributed by atoms with Crippen LogP contribution in [-0.4, -0.2) is 47.7 Å². The Morgan fingerprint density at radius 1 is 0.971 bits per heavy atom. The number of hydrogen-bond donors (Lipinski definition) is 3. The van der Waals surface area contributed by atoms with Crippen LogP contribution in [0, 0.1) is 11.6 Å². The van der Waals surface area contributed by atoms with E-state index >= 15 is 0 Å². The largest absolute Gasteiger partial charge is 0.399 e. The number of carbonyl (C=O) groups is 1. The number of nitrogens with two attached hydrogens (primary N) is 1. The van der Waals surface area contributed by atoms with Gasteiger partial charge in [0.15, 0.2) is 0 Å². The molecule has 4 N–H and O–H groups in total. The van der Waals surface area contributed by atoms with Gasteiger partial charge in [-0.05, 0) is 85.5 Å². The highest BCUT2D eigenvalue weighted by Gasteiger charge is 2.29. The molecule has 0 aromatic heterocycles. The number of halogens is 2. The normalized spacial score (nSPS) is 18.5. The second kappa shape index (κ2) is 11.4. The molecule has 1 fully saturated rings. The van der Waals surface area contributed by atoms with Gasteiger partial charge in [-0.2, -0.15) is 0 Å². The summed E-state index contributed by atoms with van der Waals surface area (Å²) in [6.45, 7) is 2.03. The lowest BCUT2D eigenvalue weighted by Gasteiger charge is -2.36. The van der Waals surface area contributed by atoms with Crippen LogP contribution in [0.4, 0.5) is 14.5 Å². The zero-order valence-corrected chi connectivity index (χ0v) is 19.5. The number of nitrogens with one attached hydrogen (secondary N) is 1. The van der Waals surface area contributed by atoms with Crippen molar-refractivity contribution < 1.29 is 18.7 Å². The van der Waals surface area contributed by atoms with Crippen LogP contribution in [0.3, 0.4) is 0 Å². The van der Waals surface area contributed by atoms with Crippen molar-refractivity contribution in [1.82, 2.24) is 10.2 Å². The Labute approximate surface area is 204 Å². The van der Waals surface area contributed by atoms with Gasteiger partial charge in [0.05, 0.1) is 12.1 Å². The molecule has 2 atom stereocenters. The van der Waals surface area contributed by atoms with Gasteiger partial charge in [0.2, 0.25) is 0 Å². The van der Waals surface area contributed by atoms with Gasteiger partial charge in [-0.15, -0.1) is 0 Å². The number of piperidine rings is 1. The van der Waals surface area contributed by atoms with Gasteiger partial charge in [-0.1, -0.05) is 24.3 Å². The molecule has 1 saturated heterocycles. The Hall–Kier alpha value is -3.29. The summed E-state index contributed by atoms with van der Waals surface area (Å²) < 4.78 is 26.9. The number of likely N-dealkylation sites (tertiary alicyclic amines) is 1. The van der Waals surface area contributed by atoms with Crippen molar-refractivity contribution in [2.24, 2.45) is 0 Å². The quantitative estimate of drug-likeness (QED) is 0.421. The minimum absolute atomic E-state index is 0.0258. The number of nitrogens with zero attached hydrogens (tertiary/aromatic N) is 1. The third kappa shape index (κ3) is 6.65. The van der Waals surface area contributed by atoms with Gasteiger partial charge in [-0.3, -0.25) is 4.79 Å². The summed E-state index contributed by atoms with van der Waals surface area (Å²) in [5.41, 5.74) is 8.76. The molecule has 7 heteroatoms. The fourth-order valence-electron chi connectivity index (χ4n) is 4.69. The molecule has 35 heavy (non-hydrogen) atoms. The number of carbonyl (C=O) groups excluding carboxylic acids is 1. The highest BCUT2D eigenvalue weighted by molar-refractivity contribution is 5.94. The number of rotatable bonds is 8. The van der Waals surface area contributed by atoms with Crippen molar-refractivity contribution in [3.8, 4) is 0 Å². The van der Waals surface area contributed by atoms with E-state index in [2.05, 4.69) is 10.2 Å². The van der Waals surface area contributed by atoms with Crippen molar-refractivity contribution in [3.05, 3.63) is 101 Å². The molecule has 3 aromatic rings. The minimum atomic E-state index is -0.661. The van der Waals surface area contributed by atoms with E-state index in [1.165, 1.54) is 24.3 Å². The average Bonchev–Trinajstić information content (AvgIpc) is 2.85. The van der Waals surface area contributed by atoms with Gasteiger partial charge in [0, 0.05) is 30.3 Å². The molecule has 0 spiro atoms. The standard InChI is InChI=1S/C28H31F2N3O2/c29-22-9-3-19(4-10-22)25(20-5-11-23(30)12-6-20)2-1-16-33-17-15-26(27(34)18-33)32-28(35)21-7-13-24(31)14-8-21/h3-14,25-27,34H,1-2,15-18,31H2,(H,32,35)/t26-,27-/m1/s1. The Morgan fingerprint density at radius 3 is 2.09 bits per heavy atom. The fraction of sp³-hybridized carbons (Fsp3) is 0.321. The molecular weight excluding hydrogens is 448 g/mol. The fourth-order valence-corrected chi connectivity index (χ4v) is 4.69. The summed E-state index contributed by atoms with van der Waals surface area (Å²) >= 11 is 0. The molecule has 0 bridgehead atoms. The van der Waals surface area contributed by atoms with Crippen LogP contribution in [-0.2, 0) is 0 Å². The predicted molar refractivity (Wildman–Crippen MR) is 133 cm³/mol. The third-order valence-electron chi connectivity index (χ3n) is 6.67. The second-order valence-electron chi connectivity index (χ2n) is 9.16. The Morgan fingerprint density at radius 2 is 1.54 bits per heavy atom. The van der Waals surface area contributed by atoms with E-state index in [0.717, 1.165) is 37.1 Å². The molecule has 5 nitrogen and oxygen atoms in total. The Balaban J connectivity index is 1.31. The lowest BCUT2D eigenvalue weighted by atomic mass is 9.87. The zero-order valence-electron chi connectivity index (χ0n) is 19.5. The second-order valence-corrected chi connectivity index (χ2v) is 9.16. The molecule has 0 unspecified atom stereocenters. The number of benzene rings is 3. The number of β-amino-alcohol motifs (C(OH)–C–C–N with tert-alkyl or cyclic N) is 1. The Kier molecular flexibility index (Phi) is 8.10. The number of aliphatic hydroxyl groups is 1. The smallest absolute Gasteiger partial charge is 0.251 e. The van der Waals surface area contributed by atoms with E-state index in [4.69, 9.17) is 5.73 Å². The van der Waals surface area contributed by atoms with E-state index in [0.29, 0.717) is 24.2 Å². The molecule has 0 saturated carbocycles. The van der Waals surface area contributed by atoms with E-state index in [-0.39, 0.29) is 29.5 Å². The first-order chi connectivity index (χ1) is 16.9. The van der Waals surface area contributed by atoms with Gasteiger partial charge in [0.1, 0.15) is 11.6 Å². The molecule has 1 heterocycles. The van der Waals surface area contributed by atoms with Crippen molar-refractivity contribution in [3.63, 3.8) is 0 Å². The van der Waals surface area contributed by atoms with Crippen molar-refractivity contribution in [2.45, 2.75) is 37.3 Å². The lowest BCUT2D eigenvalue weighted by molar-refractivity contribution is 0.0373. The number of nitrogen functional groups attached to an aromatic ring is 1. The van der Waals surface area contributed by atoms with Gasteiger partial charge >= 0.3 is 0 Å². The third-order valence-corrected chi connectivity index (χ3v) is 6.67. The molecular formula is C28H31F2N3O2. The summed E-state index contributed by atoms with van der Waals surface area (Å²) in [5.74, 6) is -0.763. The molecule has 0 radical (unpaired) electrons. The van der Waals surface area contributed by atoms with Crippen LogP contribution >= 0.6 is 0 Å². The molecule has 3 aromatic carbocycles. The highest BCUT2D eigenvalue weighted by Crippen LogP contribution is 2.30. The minimum Gasteiger partial charge on any atom is -0.399 e. The molecule has 1 aliphatic rings. The molecule has 1 amide bonds. The molecule has 1 aliphatic heterocycles. The average molecular weight is 480 g/mol. The summed E-state index contributed by atoms with van der Waals surface area (Å²) in [6.07, 6.45) is 1.66. The number of amides is 1. The first kappa shape index (κ1) is 24.8. The predicted octanol–water partition coefficient (Wildman–Crippen LogP) is 4.32. The Bertz CT molecular complexity index is 1060. The summed E-state index contributed by atoms with van der Waals surface area (Å²) in [6, 6.07) is 19.3. The van der Waals surface area contributed by atoms with E-state index < -0.39 is 6.10 Å². The number of anilines is 1. The maximum atomic E-state index is 13.4. The van der Waals surface area contributed by atoms with Crippen molar-refractivity contribution in [2.75, 3.05) is 25.4 Å². The number of aliphatic hydroxyl groups excluding tert-OH is 1. The maximum Gasteiger partial charge on any atom is 0.251 e. The monoisotopic (exact) mass is 479 g/mol. The van der Waals surface area contributed by atoms with E-state index in [1.54, 1.807) is 48.5 Å². The lowest BCUT2D eigenvalue weighted by Crippen LogP contribution is -2.54. The van der Waals surface area contributed by atoms with E-state index in [9.17, 15) is 18.7 Å². The van der Waals surface area contributed by atoms with Gasteiger partial charge in [-0.25, -0.2) is 8.78 Å². The van der Waals surface area contributed by atoms with Crippen molar-refractivity contribution >= 4 is 11.6 Å². The van der Waals surface area contributed by atoms with Crippen LogP contribution in [0.1, 0.15) is 46.7 Å². The topological polar surface area (TPSA) is 78.6 Å². The van der Waals surface area contributed by atoms with Gasteiger partial charge < -0.3 is 21.1 Å². The van der Waals surface area contributed by atoms with Gasteiger partial charge in [0.25, 0.3) is 5.91 Å². The highest BCUT2D eigenvalue weighted by atomic mass is 19.1. The summed E-state index contributed by atoms with van der Waals surface area (Å²) in [7, 11) is 0. The van der Waals surface area contributed by atoms with Crippen LogP contribution in [0.2, 0.25) is 0 Å². The number of hydrogen-bond acceptors (Lipinski definition) is 4. The molecule has 0 aliphatic carbocycles. The van der Waals surface area contributed by atoms with Crippen LogP contribution in [0.15, 0.2) is 72.8 Å². The molecule has 184 valence electrons. The van der Waals surface area contributed by atoms with Crippen LogP contribution < -0.4 is 11.1 Å². The van der Waals surface area contributed by atoms with Crippen molar-refractivity contribution in [1.29, 1.82) is 0 Å². The molecule has 4 rings (SSSR count). The first-order valence-corrected chi connectivity index (χ1v) is 12.0. The SMILES string of the molecule is Nc1ccc(C(=O)N[C@@H]2CCN(CCCC(c3ccc(F)cc3)c3ccc(F)cc3)C[C@H]2O)cc1. The van der Waals surface area contributed by atoms with E-state index in [1.807, 2.05) is 0 Å². The summed E-state index contributed by atoms with van der Waals surface area (Å²) in [5, 5.41) is 13.6. The van der Waals surface area contributed by atoms with Crippen LogP contribution in [0.5, 0.6) is 0 Å².